The quantitative estimate of drug-likeness (QED) is 0.292. The highest BCUT2D eigenvalue weighted by Gasteiger charge is 2.30. The van der Waals surface area contributed by atoms with Crippen molar-refractivity contribution < 1.29 is 38.2 Å². The lowest BCUT2D eigenvalue weighted by Crippen LogP contribution is -2.32. The number of hydrogen-bond donors (Lipinski definition) is 2. The Labute approximate surface area is 127 Å². The predicted octanol–water partition coefficient (Wildman–Crippen LogP) is -0.369. The van der Waals surface area contributed by atoms with E-state index in [0.29, 0.717) is 0 Å². The second kappa shape index (κ2) is 7.98. The van der Waals surface area contributed by atoms with E-state index < -0.39 is 56.2 Å². The van der Waals surface area contributed by atoms with Crippen LogP contribution in [-0.4, -0.2) is 60.2 Å². The molecule has 0 aromatic rings. The van der Waals surface area contributed by atoms with Gasteiger partial charge in [0.2, 0.25) is 0 Å². The summed E-state index contributed by atoms with van der Waals surface area (Å²) in [6.07, 6.45) is -0.292. The van der Waals surface area contributed by atoms with Crippen LogP contribution < -0.4 is 0 Å². The molecule has 0 radical (unpaired) electrons. The second-order valence-electron chi connectivity index (χ2n) is 4.79. The maximum Gasteiger partial charge on any atom is 0.268 e. The van der Waals surface area contributed by atoms with Crippen LogP contribution in [0.15, 0.2) is 0 Å². The summed E-state index contributed by atoms with van der Waals surface area (Å²) in [6.45, 7) is 3.18. The molecule has 0 aromatic heterocycles. The van der Waals surface area contributed by atoms with Crippen molar-refractivity contribution in [2.75, 3.05) is 11.5 Å². The molecule has 0 aromatic carbocycles. The van der Waals surface area contributed by atoms with E-state index in [9.17, 15) is 25.3 Å². The molecule has 0 spiro atoms. The normalized spacial score (nSPS) is 15.3. The molecule has 0 aliphatic carbocycles. The van der Waals surface area contributed by atoms with E-state index >= 15 is 0 Å². The zero-order valence-corrected chi connectivity index (χ0v) is 15.3. The summed E-state index contributed by atoms with van der Waals surface area (Å²) in [6, 6.07) is 0. The van der Waals surface area contributed by atoms with E-state index in [2.05, 4.69) is 0 Å². The van der Waals surface area contributed by atoms with E-state index in [1.54, 1.807) is 13.1 Å². The molecule has 9 nitrogen and oxygen atoms in total. The molecule has 13 heteroatoms. The summed E-state index contributed by atoms with van der Waals surface area (Å²) >= 11 is 0. The average molecular weight is 385 g/mol. The van der Waals surface area contributed by atoms with Crippen LogP contribution in [0, 0.1) is 0 Å². The third-order valence-electron chi connectivity index (χ3n) is 2.33. The van der Waals surface area contributed by atoms with Gasteiger partial charge in [-0.1, -0.05) is 6.42 Å². The highest BCUT2D eigenvalue weighted by Crippen LogP contribution is 2.14. The molecule has 128 valence electrons. The molecule has 0 saturated heterocycles. The van der Waals surface area contributed by atoms with Gasteiger partial charge in [0.25, 0.3) is 30.4 Å². The maximum absolute atomic E-state index is 11.6. The van der Waals surface area contributed by atoms with Gasteiger partial charge in [-0.25, -0.2) is 8.42 Å². The zero-order valence-electron chi connectivity index (χ0n) is 11.7. The predicted molar refractivity (Wildman–Crippen MR) is 79.4 cm³/mol. The van der Waals surface area contributed by atoms with Crippen LogP contribution in [0.5, 0.6) is 0 Å². The van der Waals surface area contributed by atoms with Crippen LogP contribution in [0.3, 0.4) is 0 Å². The Morgan fingerprint density at radius 1 is 1.00 bits per heavy atom. The molecule has 0 rings (SSSR count). The smallest absolute Gasteiger partial charge is 0.268 e. The van der Waals surface area contributed by atoms with Crippen molar-refractivity contribution in [2.24, 2.45) is 0 Å². The molecule has 0 saturated carbocycles. The summed E-state index contributed by atoms with van der Waals surface area (Å²) in [7, 11) is -14.8. The SMILES string of the molecule is C[SiH](C)OS(=O)(=O)CC(CCCCS(=O)(=O)O)S(=O)(=O)O. The maximum atomic E-state index is 11.6. The van der Waals surface area contributed by atoms with Gasteiger partial charge in [0.1, 0.15) is 5.25 Å². The van der Waals surface area contributed by atoms with Crippen molar-refractivity contribution in [1.82, 2.24) is 0 Å². The highest BCUT2D eigenvalue weighted by atomic mass is 32.2. The monoisotopic (exact) mass is 384 g/mol. The number of unbranched alkanes of at least 4 members (excludes halogenated alkanes) is 1. The minimum absolute atomic E-state index is 0.0128. The Morgan fingerprint density at radius 3 is 1.90 bits per heavy atom. The fourth-order valence-electron chi connectivity index (χ4n) is 1.53. The molecule has 1 atom stereocenters. The fraction of sp³-hybridized carbons (Fsp3) is 1.00. The molecule has 0 bridgehead atoms. The van der Waals surface area contributed by atoms with E-state index in [1.165, 1.54) is 0 Å². The Kier molecular flexibility index (Phi) is 7.96. The standard InChI is InChI=1S/C8H20O9S3Si/c1-21(2)17-19(12,13)7-8(20(14,15)16)5-3-4-6-18(9,10)11/h8,21H,3-7H2,1-2H3,(H,9,10,11)(H,14,15,16). The van der Waals surface area contributed by atoms with Gasteiger partial charge in [0.15, 0.2) is 9.04 Å². The summed E-state index contributed by atoms with van der Waals surface area (Å²) < 4.78 is 88.8. The van der Waals surface area contributed by atoms with E-state index in [0.717, 1.165) is 0 Å². The van der Waals surface area contributed by atoms with Crippen LogP contribution >= 0.6 is 0 Å². The molecule has 0 aliphatic rings. The highest BCUT2D eigenvalue weighted by molar-refractivity contribution is 7.91. The first-order valence-corrected chi connectivity index (χ1v) is 13.5. The summed E-state index contributed by atoms with van der Waals surface area (Å²) in [5.74, 6) is -1.45. The van der Waals surface area contributed by atoms with Crippen molar-refractivity contribution in [2.45, 2.75) is 37.6 Å². The summed E-state index contributed by atoms with van der Waals surface area (Å²) in [4.78, 5) is 0. The Morgan fingerprint density at radius 2 is 1.52 bits per heavy atom. The number of hydrogen-bond acceptors (Lipinski definition) is 7. The fourth-order valence-corrected chi connectivity index (χ4v) is 7.04. The Balaban J connectivity index is 4.71. The van der Waals surface area contributed by atoms with Crippen molar-refractivity contribution in [3.8, 4) is 0 Å². The van der Waals surface area contributed by atoms with Crippen LogP contribution in [0.4, 0.5) is 0 Å². The lowest BCUT2D eigenvalue weighted by Gasteiger charge is -2.15. The largest absolute Gasteiger partial charge is 0.319 e. The van der Waals surface area contributed by atoms with E-state index in [-0.39, 0.29) is 19.3 Å². The first-order valence-electron chi connectivity index (χ1n) is 6.05. The van der Waals surface area contributed by atoms with Crippen LogP contribution in [0.2, 0.25) is 13.1 Å². The van der Waals surface area contributed by atoms with Gasteiger partial charge in [-0.15, -0.1) is 0 Å². The molecule has 0 aliphatic heterocycles. The van der Waals surface area contributed by atoms with Crippen LogP contribution in [0.1, 0.15) is 19.3 Å². The van der Waals surface area contributed by atoms with Gasteiger partial charge in [0.05, 0.1) is 11.5 Å². The van der Waals surface area contributed by atoms with E-state index in [1.807, 2.05) is 0 Å². The molecule has 2 N–H and O–H groups in total. The lowest BCUT2D eigenvalue weighted by molar-refractivity contribution is 0.453. The topological polar surface area (TPSA) is 152 Å². The van der Waals surface area contributed by atoms with Gasteiger partial charge in [0, 0.05) is 0 Å². The second-order valence-corrected chi connectivity index (χ2v) is 12.4. The van der Waals surface area contributed by atoms with Crippen molar-refractivity contribution in [3.63, 3.8) is 0 Å². The third-order valence-corrected chi connectivity index (χ3v) is 8.11. The number of rotatable bonds is 10. The molecule has 21 heavy (non-hydrogen) atoms. The van der Waals surface area contributed by atoms with Crippen LogP contribution in [0.25, 0.3) is 0 Å². The lowest BCUT2D eigenvalue weighted by atomic mass is 10.2. The van der Waals surface area contributed by atoms with E-state index in [4.69, 9.17) is 13.0 Å². The zero-order chi connectivity index (χ0) is 16.9. The van der Waals surface area contributed by atoms with Gasteiger partial charge >= 0.3 is 0 Å². The Hall–Kier alpha value is -0.0531. The van der Waals surface area contributed by atoms with Crippen molar-refractivity contribution in [3.05, 3.63) is 0 Å². The molecule has 0 fully saturated rings. The minimum atomic E-state index is -4.61. The molecular weight excluding hydrogens is 364 g/mol. The Bertz CT molecular complexity index is 620. The van der Waals surface area contributed by atoms with Crippen molar-refractivity contribution in [1.29, 1.82) is 0 Å². The molecule has 0 amide bonds. The first kappa shape index (κ1) is 20.9. The summed E-state index contributed by atoms with van der Waals surface area (Å²) in [5, 5.41) is -1.59. The van der Waals surface area contributed by atoms with Gasteiger partial charge in [-0.2, -0.15) is 16.8 Å². The third kappa shape index (κ3) is 11.2. The van der Waals surface area contributed by atoms with Gasteiger partial charge in [-0.3, -0.25) is 9.11 Å². The summed E-state index contributed by atoms with van der Waals surface area (Å²) in [5.41, 5.74) is 0. The minimum Gasteiger partial charge on any atom is -0.319 e. The van der Waals surface area contributed by atoms with Gasteiger partial charge in [-0.05, 0) is 25.9 Å². The van der Waals surface area contributed by atoms with Crippen molar-refractivity contribution >= 4 is 39.4 Å². The molecule has 1 unspecified atom stereocenters. The van der Waals surface area contributed by atoms with Crippen LogP contribution in [-0.2, 0) is 34.2 Å². The molecular formula is C8H20O9S3Si. The molecule has 0 heterocycles. The first-order chi connectivity index (χ1) is 9.23. The average Bonchev–Trinajstić information content (AvgIpc) is 2.17. The van der Waals surface area contributed by atoms with Gasteiger partial charge < -0.3 is 3.87 Å².